The van der Waals surface area contributed by atoms with Crippen LogP contribution in [-0.4, -0.2) is 18.1 Å². The number of rotatable bonds is 8. The van der Waals surface area contributed by atoms with E-state index >= 15 is 0 Å². The molecule has 0 fully saturated rings. The van der Waals surface area contributed by atoms with Crippen molar-refractivity contribution in [2.24, 2.45) is 5.92 Å². The van der Waals surface area contributed by atoms with E-state index in [0.29, 0.717) is 6.04 Å². The molecule has 0 heterocycles. The molecule has 1 aromatic carbocycles. The van der Waals surface area contributed by atoms with Crippen molar-refractivity contribution in [1.29, 1.82) is 0 Å². The summed E-state index contributed by atoms with van der Waals surface area (Å²) in [6, 6.07) is 11.3. The van der Waals surface area contributed by atoms with Crippen LogP contribution in [0.25, 0.3) is 0 Å². The first-order chi connectivity index (χ1) is 8.27. The molecule has 0 bridgehead atoms. The Morgan fingerprint density at radius 1 is 1.12 bits per heavy atom. The third-order valence-electron chi connectivity index (χ3n) is 3.04. The largest absolute Gasteiger partial charge is 0.310 e. The number of hydrogen-bond donors (Lipinski definition) is 1. The topological polar surface area (TPSA) is 12.0 Å². The van der Waals surface area contributed by atoms with Crippen LogP contribution < -0.4 is 5.32 Å². The van der Waals surface area contributed by atoms with Crippen LogP contribution in [0.1, 0.15) is 38.8 Å². The van der Waals surface area contributed by atoms with Crippen LogP contribution in [0.2, 0.25) is 0 Å². The van der Waals surface area contributed by atoms with Crippen molar-refractivity contribution < 1.29 is 0 Å². The van der Waals surface area contributed by atoms with Crippen molar-refractivity contribution in [3.05, 3.63) is 35.9 Å². The van der Waals surface area contributed by atoms with Gasteiger partial charge in [-0.1, -0.05) is 57.5 Å². The SMILES string of the molecule is CCNC(CSCC(C)CC)c1ccccc1. The van der Waals surface area contributed by atoms with Gasteiger partial charge < -0.3 is 5.32 Å². The zero-order chi connectivity index (χ0) is 12.5. The van der Waals surface area contributed by atoms with E-state index < -0.39 is 0 Å². The lowest BCUT2D eigenvalue weighted by Gasteiger charge is -2.19. The second-order valence-electron chi connectivity index (χ2n) is 4.57. The normalized spacial score (nSPS) is 14.5. The van der Waals surface area contributed by atoms with E-state index in [1.807, 2.05) is 0 Å². The summed E-state index contributed by atoms with van der Waals surface area (Å²) in [7, 11) is 0. The highest BCUT2D eigenvalue weighted by Crippen LogP contribution is 2.20. The van der Waals surface area contributed by atoms with Gasteiger partial charge >= 0.3 is 0 Å². The molecular formula is C15H25NS. The maximum absolute atomic E-state index is 3.57. The molecule has 1 aromatic rings. The van der Waals surface area contributed by atoms with Crippen LogP contribution in [0.4, 0.5) is 0 Å². The molecule has 0 spiro atoms. The molecule has 1 nitrogen and oxygen atoms in total. The van der Waals surface area contributed by atoms with E-state index in [2.05, 4.69) is 68.2 Å². The molecule has 0 aliphatic heterocycles. The molecule has 2 heteroatoms. The van der Waals surface area contributed by atoms with Gasteiger partial charge in [0.05, 0.1) is 0 Å². The second-order valence-corrected chi connectivity index (χ2v) is 5.65. The molecule has 0 aromatic heterocycles. The van der Waals surface area contributed by atoms with Gasteiger partial charge in [-0.15, -0.1) is 0 Å². The fourth-order valence-corrected chi connectivity index (χ4v) is 3.03. The lowest BCUT2D eigenvalue weighted by molar-refractivity contribution is 0.601. The predicted octanol–water partition coefficient (Wildman–Crippen LogP) is 4.12. The highest BCUT2D eigenvalue weighted by molar-refractivity contribution is 7.99. The molecule has 0 radical (unpaired) electrons. The van der Waals surface area contributed by atoms with Crippen molar-refractivity contribution in [2.45, 2.75) is 33.2 Å². The van der Waals surface area contributed by atoms with Gasteiger partial charge in [0, 0.05) is 11.8 Å². The van der Waals surface area contributed by atoms with E-state index in [1.54, 1.807) is 0 Å². The Bertz CT molecular complexity index is 286. The maximum Gasteiger partial charge on any atom is 0.0411 e. The van der Waals surface area contributed by atoms with Gasteiger partial charge in [-0.25, -0.2) is 0 Å². The molecule has 1 N–H and O–H groups in total. The number of nitrogens with one attached hydrogen (secondary N) is 1. The van der Waals surface area contributed by atoms with Gasteiger partial charge in [-0.3, -0.25) is 0 Å². The lowest BCUT2D eigenvalue weighted by atomic mass is 10.1. The summed E-state index contributed by atoms with van der Waals surface area (Å²) in [5.41, 5.74) is 1.41. The zero-order valence-electron chi connectivity index (χ0n) is 11.3. The standard InChI is InChI=1S/C15H25NS/c1-4-13(3)11-17-12-15(16-5-2)14-9-7-6-8-10-14/h6-10,13,15-16H,4-5,11-12H2,1-3H3. The third-order valence-corrected chi connectivity index (χ3v) is 4.41. The molecule has 96 valence electrons. The van der Waals surface area contributed by atoms with E-state index in [4.69, 9.17) is 0 Å². The molecule has 0 amide bonds. The van der Waals surface area contributed by atoms with Gasteiger partial charge in [0.2, 0.25) is 0 Å². The Labute approximate surface area is 110 Å². The van der Waals surface area contributed by atoms with Gasteiger partial charge in [-0.2, -0.15) is 11.8 Å². The van der Waals surface area contributed by atoms with Crippen LogP contribution in [0.5, 0.6) is 0 Å². The molecule has 2 atom stereocenters. The molecule has 17 heavy (non-hydrogen) atoms. The summed E-state index contributed by atoms with van der Waals surface area (Å²) in [6.07, 6.45) is 1.28. The summed E-state index contributed by atoms with van der Waals surface area (Å²) < 4.78 is 0. The summed E-state index contributed by atoms with van der Waals surface area (Å²) in [5, 5.41) is 3.57. The number of hydrogen-bond acceptors (Lipinski definition) is 2. The van der Waals surface area contributed by atoms with E-state index in [-0.39, 0.29) is 0 Å². The van der Waals surface area contributed by atoms with Crippen LogP contribution in [0.15, 0.2) is 30.3 Å². The zero-order valence-corrected chi connectivity index (χ0v) is 12.1. The molecule has 1 rings (SSSR count). The lowest BCUT2D eigenvalue weighted by Crippen LogP contribution is -2.23. The minimum absolute atomic E-state index is 0.496. The van der Waals surface area contributed by atoms with Crippen LogP contribution >= 0.6 is 11.8 Å². The van der Waals surface area contributed by atoms with Crippen LogP contribution in [-0.2, 0) is 0 Å². The monoisotopic (exact) mass is 251 g/mol. The Morgan fingerprint density at radius 2 is 1.82 bits per heavy atom. The Morgan fingerprint density at radius 3 is 2.41 bits per heavy atom. The molecule has 0 saturated carbocycles. The first-order valence-electron chi connectivity index (χ1n) is 6.64. The Balaban J connectivity index is 2.44. The van der Waals surface area contributed by atoms with Gasteiger partial charge in [-0.05, 0) is 23.8 Å². The van der Waals surface area contributed by atoms with Crippen molar-refractivity contribution >= 4 is 11.8 Å². The highest BCUT2D eigenvalue weighted by atomic mass is 32.2. The molecular weight excluding hydrogens is 226 g/mol. The van der Waals surface area contributed by atoms with Crippen molar-refractivity contribution in [3.63, 3.8) is 0 Å². The Hall–Kier alpha value is -0.470. The van der Waals surface area contributed by atoms with E-state index in [1.165, 1.54) is 23.5 Å². The third kappa shape index (κ3) is 5.60. The second kappa shape index (κ2) is 8.60. The molecule has 0 aliphatic rings. The summed E-state index contributed by atoms with van der Waals surface area (Å²) in [4.78, 5) is 0. The fourth-order valence-electron chi connectivity index (χ4n) is 1.71. The first-order valence-corrected chi connectivity index (χ1v) is 7.79. The quantitative estimate of drug-likeness (QED) is 0.746. The number of benzene rings is 1. The van der Waals surface area contributed by atoms with Crippen LogP contribution in [0.3, 0.4) is 0 Å². The minimum Gasteiger partial charge on any atom is -0.310 e. The fraction of sp³-hybridized carbons (Fsp3) is 0.600. The molecule has 0 saturated heterocycles. The smallest absolute Gasteiger partial charge is 0.0411 e. The predicted molar refractivity (Wildman–Crippen MR) is 79.6 cm³/mol. The van der Waals surface area contributed by atoms with Gasteiger partial charge in [0.25, 0.3) is 0 Å². The summed E-state index contributed by atoms with van der Waals surface area (Å²) in [6.45, 7) is 7.81. The van der Waals surface area contributed by atoms with Gasteiger partial charge in [0.15, 0.2) is 0 Å². The summed E-state index contributed by atoms with van der Waals surface area (Å²) >= 11 is 2.07. The molecule has 0 aliphatic carbocycles. The van der Waals surface area contributed by atoms with E-state index in [0.717, 1.165) is 12.5 Å². The van der Waals surface area contributed by atoms with Crippen molar-refractivity contribution in [1.82, 2.24) is 5.32 Å². The van der Waals surface area contributed by atoms with Crippen LogP contribution in [0, 0.1) is 5.92 Å². The minimum atomic E-state index is 0.496. The molecule has 2 unspecified atom stereocenters. The summed E-state index contributed by atoms with van der Waals surface area (Å²) in [5.74, 6) is 3.27. The first kappa shape index (κ1) is 14.6. The van der Waals surface area contributed by atoms with Crippen molar-refractivity contribution in [3.8, 4) is 0 Å². The number of thioether (sulfide) groups is 1. The highest BCUT2D eigenvalue weighted by Gasteiger charge is 2.10. The average Bonchev–Trinajstić information content (AvgIpc) is 2.38. The van der Waals surface area contributed by atoms with Gasteiger partial charge in [0.1, 0.15) is 0 Å². The maximum atomic E-state index is 3.57. The average molecular weight is 251 g/mol. The van der Waals surface area contributed by atoms with E-state index in [9.17, 15) is 0 Å². The van der Waals surface area contributed by atoms with Crippen molar-refractivity contribution in [2.75, 3.05) is 18.1 Å². The Kier molecular flexibility index (Phi) is 7.38.